The van der Waals surface area contributed by atoms with Gasteiger partial charge in [-0.2, -0.15) is 0 Å². The standard InChI is InChI=1S/C21H20N6/c22-19-7-1-6-17(27-19)20(15-4-2-8-23-12-15)21(16-5-3-9-24-13-16)18-14-25-10-11-26-18/h1,3-7,9-14,20-21H,2,8H2,(H2,22,27). The molecule has 6 nitrogen and oxygen atoms in total. The maximum absolute atomic E-state index is 6.00. The van der Waals surface area contributed by atoms with Crippen LogP contribution in [-0.2, 0) is 0 Å². The van der Waals surface area contributed by atoms with Crippen molar-refractivity contribution in [1.82, 2.24) is 19.9 Å². The molecule has 6 heteroatoms. The largest absolute Gasteiger partial charge is 0.384 e. The van der Waals surface area contributed by atoms with Crippen LogP contribution in [0.1, 0.15) is 35.2 Å². The van der Waals surface area contributed by atoms with Crippen molar-refractivity contribution < 1.29 is 0 Å². The van der Waals surface area contributed by atoms with Crippen LogP contribution in [-0.4, -0.2) is 32.7 Å². The number of hydrogen-bond acceptors (Lipinski definition) is 6. The maximum atomic E-state index is 6.00. The van der Waals surface area contributed by atoms with Gasteiger partial charge in [0.1, 0.15) is 5.82 Å². The Bertz CT molecular complexity index is 913. The van der Waals surface area contributed by atoms with E-state index in [1.54, 1.807) is 30.9 Å². The summed E-state index contributed by atoms with van der Waals surface area (Å²) in [5.74, 6) is 0.311. The maximum Gasteiger partial charge on any atom is 0.123 e. The zero-order chi connectivity index (χ0) is 18.5. The van der Waals surface area contributed by atoms with Gasteiger partial charge in [-0.15, -0.1) is 0 Å². The van der Waals surface area contributed by atoms with E-state index in [9.17, 15) is 0 Å². The zero-order valence-corrected chi connectivity index (χ0v) is 14.8. The summed E-state index contributed by atoms with van der Waals surface area (Å²) in [6, 6.07) is 9.73. The molecular formula is C21H20N6. The highest BCUT2D eigenvalue weighted by atomic mass is 14.9. The summed E-state index contributed by atoms with van der Waals surface area (Å²) in [7, 11) is 0. The zero-order valence-electron chi connectivity index (χ0n) is 14.8. The van der Waals surface area contributed by atoms with E-state index in [2.05, 4.69) is 37.1 Å². The quantitative estimate of drug-likeness (QED) is 0.758. The molecule has 0 fully saturated rings. The predicted molar refractivity (Wildman–Crippen MR) is 106 cm³/mol. The number of pyridine rings is 2. The van der Waals surface area contributed by atoms with Crippen LogP contribution < -0.4 is 5.73 Å². The molecule has 2 N–H and O–H groups in total. The monoisotopic (exact) mass is 356 g/mol. The second-order valence-electron chi connectivity index (χ2n) is 6.39. The molecule has 0 spiro atoms. The summed E-state index contributed by atoms with van der Waals surface area (Å²) in [5.41, 5.74) is 9.90. The summed E-state index contributed by atoms with van der Waals surface area (Å²) in [5, 5.41) is 0. The minimum absolute atomic E-state index is 0.0848. The highest BCUT2D eigenvalue weighted by molar-refractivity contribution is 5.82. The Morgan fingerprint density at radius 1 is 0.889 bits per heavy atom. The number of nitrogens with two attached hydrogens (primary N) is 1. The smallest absolute Gasteiger partial charge is 0.123 e. The summed E-state index contributed by atoms with van der Waals surface area (Å²) >= 11 is 0. The van der Waals surface area contributed by atoms with E-state index in [0.717, 1.165) is 35.5 Å². The van der Waals surface area contributed by atoms with Crippen molar-refractivity contribution >= 4 is 12.0 Å². The Labute approximate surface area is 158 Å². The molecule has 27 heavy (non-hydrogen) atoms. The molecule has 0 aliphatic carbocycles. The number of hydrogen-bond donors (Lipinski definition) is 1. The normalized spacial score (nSPS) is 15.8. The van der Waals surface area contributed by atoms with Gasteiger partial charge in [-0.05, 0) is 35.8 Å². The van der Waals surface area contributed by atoms with Gasteiger partial charge in [0.05, 0.1) is 11.4 Å². The average Bonchev–Trinajstić information content (AvgIpc) is 2.74. The molecule has 2 atom stereocenters. The van der Waals surface area contributed by atoms with Crippen LogP contribution in [0.2, 0.25) is 0 Å². The molecule has 3 aromatic heterocycles. The van der Waals surface area contributed by atoms with Crippen molar-refractivity contribution in [3.05, 3.63) is 89.9 Å². The van der Waals surface area contributed by atoms with Gasteiger partial charge in [0.15, 0.2) is 0 Å². The molecule has 0 aromatic carbocycles. The number of aromatic nitrogens is 4. The van der Waals surface area contributed by atoms with Crippen molar-refractivity contribution in [3.8, 4) is 0 Å². The fourth-order valence-corrected chi connectivity index (χ4v) is 3.48. The van der Waals surface area contributed by atoms with Crippen molar-refractivity contribution in [2.75, 3.05) is 12.3 Å². The third-order valence-corrected chi connectivity index (χ3v) is 4.63. The van der Waals surface area contributed by atoms with E-state index in [1.807, 2.05) is 30.6 Å². The Hall–Kier alpha value is -3.41. The molecule has 0 saturated heterocycles. The first-order valence-electron chi connectivity index (χ1n) is 8.91. The topological polar surface area (TPSA) is 89.9 Å². The molecule has 3 aromatic rings. The summed E-state index contributed by atoms with van der Waals surface area (Å²) < 4.78 is 0. The second-order valence-corrected chi connectivity index (χ2v) is 6.39. The molecular weight excluding hydrogens is 336 g/mol. The van der Waals surface area contributed by atoms with Gasteiger partial charge in [0.25, 0.3) is 0 Å². The third kappa shape index (κ3) is 3.74. The minimum atomic E-state index is -0.0995. The summed E-state index contributed by atoms with van der Waals surface area (Å²) in [6.07, 6.45) is 13.9. The lowest BCUT2D eigenvalue weighted by Crippen LogP contribution is -2.20. The number of nitrogens with zero attached hydrogens (tertiary/aromatic N) is 5. The number of anilines is 1. The molecule has 4 rings (SSSR count). The number of nitrogen functional groups attached to an aromatic ring is 1. The average molecular weight is 356 g/mol. The molecule has 1 aliphatic rings. The van der Waals surface area contributed by atoms with Crippen LogP contribution >= 0.6 is 0 Å². The van der Waals surface area contributed by atoms with Crippen molar-refractivity contribution in [1.29, 1.82) is 0 Å². The summed E-state index contributed by atoms with van der Waals surface area (Å²) in [6.45, 7) is 0.809. The molecule has 1 aliphatic heterocycles. The Kier molecular flexibility index (Phi) is 4.96. The molecule has 0 amide bonds. The minimum Gasteiger partial charge on any atom is -0.384 e. The van der Waals surface area contributed by atoms with Crippen LogP contribution in [0.25, 0.3) is 0 Å². The number of allylic oxidation sites excluding steroid dienone is 1. The van der Waals surface area contributed by atoms with Gasteiger partial charge < -0.3 is 5.73 Å². The third-order valence-electron chi connectivity index (χ3n) is 4.63. The lowest BCUT2D eigenvalue weighted by atomic mass is 9.77. The molecule has 4 heterocycles. The highest BCUT2D eigenvalue weighted by Crippen LogP contribution is 2.41. The fourth-order valence-electron chi connectivity index (χ4n) is 3.48. The number of aliphatic imine (C=N–C) groups is 1. The second kappa shape index (κ2) is 7.86. The van der Waals surface area contributed by atoms with E-state index < -0.39 is 0 Å². The molecule has 0 bridgehead atoms. The van der Waals surface area contributed by atoms with Crippen molar-refractivity contribution in [2.45, 2.75) is 18.3 Å². The van der Waals surface area contributed by atoms with Crippen LogP contribution in [0.15, 0.2) is 78.0 Å². The molecule has 134 valence electrons. The predicted octanol–water partition coefficient (Wildman–Crippen LogP) is 3.17. The number of dihydropyridines is 1. The van der Waals surface area contributed by atoms with Crippen molar-refractivity contribution in [3.63, 3.8) is 0 Å². The Balaban J connectivity index is 1.91. The summed E-state index contributed by atoms with van der Waals surface area (Å²) in [4.78, 5) is 22.3. The van der Waals surface area contributed by atoms with Gasteiger partial charge in [0.2, 0.25) is 0 Å². The fraction of sp³-hybridized carbons (Fsp3) is 0.190. The van der Waals surface area contributed by atoms with Gasteiger partial charge in [-0.25, -0.2) is 4.98 Å². The van der Waals surface area contributed by atoms with Gasteiger partial charge >= 0.3 is 0 Å². The molecule has 0 radical (unpaired) electrons. The van der Waals surface area contributed by atoms with Crippen LogP contribution in [0.3, 0.4) is 0 Å². The van der Waals surface area contributed by atoms with Gasteiger partial charge in [0, 0.05) is 55.6 Å². The van der Waals surface area contributed by atoms with E-state index in [1.165, 1.54) is 0 Å². The highest BCUT2D eigenvalue weighted by Gasteiger charge is 2.32. The molecule has 2 unspecified atom stereocenters. The van der Waals surface area contributed by atoms with E-state index in [0.29, 0.717) is 5.82 Å². The van der Waals surface area contributed by atoms with Gasteiger partial charge in [-0.3, -0.25) is 19.9 Å². The van der Waals surface area contributed by atoms with E-state index in [4.69, 9.17) is 5.73 Å². The first kappa shape index (κ1) is 17.0. The lowest BCUT2D eigenvalue weighted by molar-refractivity contribution is 0.653. The first-order chi connectivity index (χ1) is 13.3. The Morgan fingerprint density at radius 3 is 2.52 bits per heavy atom. The van der Waals surface area contributed by atoms with Gasteiger partial charge in [-0.1, -0.05) is 18.2 Å². The first-order valence-corrected chi connectivity index (χ1v) is 8.91. The Morgan fingerprint density at radius 2 is 1.81 bits per heavy atom. The lowest BCUT2D eigenvalue weighted by Gasteiger charge is -2.28. The van der Waals surface area contributed by atoms with Crippen LogP contribution in [0.4, 0.5) is 5.82 Å². The van der Waals surface area contributed by atoms with Crippen LogP contribution in [0.5, 0.6) is 0 Å². The van der Waals surface area contributed by atoms with E-state index in [-0.39, 0.29) is 11.8 Å². The SMILES string of the molecule is Nc1cccc(C(C2=CCCN=C2)C(c2cccnc2)c2cnccn2)n1. The van der Waals surface area contributed by atoms with Crippen molar-refractivity contribution in [2.24, 2.45) is 4.99 Å². The number of rotatable bonds is 5. The van der Waals surface area contributed by atoms with Crippen LogP contribution in [0, 0.1) is 0 Å². The van der Waals surface area contributed by atoms with E-state index >= 15 is 0 Å². The molecule has 0 saturated carbocycles.